The molecule has 2 aromatic heterocycles. The second-order valence-corrected chi connectivity index (χ2v) is 7.37. The average Bonchev–Trinajstić information content (AvgIpc) is 3.29. The number of piperidine rings is 1. The predicted octanol–water partition coefficient (Wildman–Crippen LogP) is 2.66. The van der Waals surface area contributed by atoms with E-state index in [1.165, 1.54) is 4.68 Å². The fourth-order valence-corrected chi connectivity index (χ4v) is 3.51. The molecule has 0 spiro atoms. The van der Waals surface area contributed by atoms with Crippen LogP contribution in [0.1, 0.15) is 55.8 Å². The van der Waals surface area contributed by atoms with Gasteiger partial charge >= 0.3 is 5.69 Å². The monoisotopic (exact) mass is 367 g/mol. The highest BCUT2D eigenvalue weighted by molar-refractivity contribution is 5.33. The minimum atomic E-state index is -0.141. The van der Waals surface area contributed by atoms with Gasteiger partial charge in [-0.2, -0.15) is 5.10 Å². The maximum Gasteiger partial charge on any atom is 0.351 e. The lowest BCUT2D eigenvalue weighted by Crippen LogP contribution is -2.29. The zero-order valence-corrected chi connectivity index (χ0v) is 15.8. The summed E-state index contributed by atoms with van der Waals surface area (Å²) in [6, 6.07) is 11.6. The summed E-state index contributed by atoms with van der Waals surface area (Å²) in [7, 11) is 0. The van der Waals surface area contributed by atoms with Gasteiger partial charge < -0.3 is 9.84 Å². The summed E-state index contributed by atoms with van der Waals surface area (Å²) in [4.78, 5) is 13.2. The van der Waals surface area contributed by atoms with Crippen molar-refractivity contribution in [2.45, 2.75) is 45.1 Å². The van der Waals surface area contributed by atoms with Gasteiger partial charge in [0.15, 0.2) is 5.76 Å². The molecule has 0 unspecified atom stereocenters. The highest BCUT2D eigenvalue weighted by Gasteiger charge is 2.25. The molecule has 27 heavy (non-hydrogen) atoms. The highest BCUT2D eigenvalue weighted by Crippen LogP contribution is 2.25. The van der Waals surface area contributed by atoms with E-state index in [9.17, 15) is 4.79 Å². The maximum atomic E-state index is 13.2. The molecule has 1 saturated heterocycles. The third kappa shape index (κ3) is 3.60. The van der Waals surface area contributed by atoms with Crippen LogP contribution in [0.5, 0.6) is 0 Å². The predicted molar refractivity (Wildman–Crippen MR) is 102 cm³/mol. The van der Waals surface area contributed by atoms with Gasteiger partial charge in [-0.3, -0.25) is 0 Å². The highest BCUT2D eigenvalue weighted by atomic mass is 16.5. The Morgan fingerprint density at radius 3 is 2.63 bits per heavy atom. The smallest absolute Gasteiger partial charge is 0.351 e. The molecule has 0 atom stereocenters. The van der Waals surface area contributed by atoms with E-state index in [-0.39, 0.29) is 24.1 Å². The summed E-state index contributed by atoms with van der Waals surface area (Å²) in [5.41, 5.74) is 1.60. The van der Waals surface area contributed by atoms with Crippen molar-refractivity contribution in [1.82, 2.24) is 24.8 Å². The van der Waals surface area contributed by atoms with Gasteiger partial charge in [-0.05, 0) is 44.0 Å². The molecule has 7 heteroatoms. The molecule has 0 saturated carbocycles. The Labute approximate surface area is 158 Å². The topological polar surface area (TPSA) is 77.9 Å². The molecule has 3 aromatic rings. The molecule has 1 N–H and O–H groups in total. The fourth-order valence-electron chi connectivity index (χ4n) is 3.51. The normalized spacial score (nSPS) is 15.5. The summed E-state index contributed by atoms with van der Waals surface area (Å²) in [6.45, 7) is 6.30. The van der Waals surface area contributed by atoms with Gasteiger partial charge in [0.25, 0.3) is 0 Å². The number of rotatable bonds is 5. The lowest BCUT2D eigenvalue weighted by Gasteiger charge is -2.22. The maximum absolute atomic E-state index is 13.2. The molecule has 7 nitrogen and oxygen atoms in total. The van der Waals surface area contributed by atoms with Crippen molar-refractivity contribution in [3.05, 3.63) is 64.2 Å². The molecule has 0 amide bonds. The van der Waals surface area contributed by atoms with Crippen LogP contribution in [0.25, 0.3) is 5.69 Å². The van der Waals surface area contributed by atoms with Gasteiger partial charge in [0.2, 0.25) is 0 Å². The minimum Gasteiger partial charge on any atom is -0.359 e. The average molecular weight is 367 g/mol. The summed E-state index contributed by atoms with van der Waals surface area (Å²) < 4.78 is 8.66. The van der Waals surface area contributed by atoms with E-state index in [2.05, 4.69) is 24.3 Å². The van der Waals surface area contributed by atoms with Crippen LogP contribution in [0.4, 0.5) is 0 Å². The quantitative estimate of drug-likeness (QED) is 0.750. The summed E-state index contributed by atoms with van der Waals surface area (Å²) in [5, 5.41) is 12.2. The molecular formula is C20H25N5O2. The number of benzene rings is 1. The number of nitrogens with one attached hydrogen (secondary N) is 1. The summed E-state index contributed by atoms with van der Waals surface area (Å²) in [6.07, 6.45) is 1.95. The Hall–Kier alpha value is -2.67. The molecule has 0 radical (unpaired) electrons. The van der Waals surface area contributed by atoms with Gasteiger partial charge in [-0.15, -0.1) is 0 Å². The van der Waals surface area contributed by atoms with Gasteiger partial charge in [-0.25, -0.2) is 14.0 Å². The van der Waals surface area contributed by atoms with Crippen molar-refractivity contribution in [3.63, 3.8) is 0 Å². The number of hydrogen-bond acceptors (Lipinski definition) is 5. The fraction of sp³-hybridized carbons (Fsp3) is 0.450. The molecule has 1 aliphatic heterocycles. The third-order valence-corrected chi connectivity index (χ3v) is 5.06. The third-order valence-electron chi connectivity index (χ3n) is 5.06. The number of nitrogens with zero attached hydrogens (tertiary/aromatic N) is 4. The Morgan fingerprint density at radius 2 is 1.96 bits per heavy atom. The molecular weight excluding hydrogens is 342 g/mol. The van der Waals surface area contributed by atoms with Crippen molar-refractivity contribution in [2.75, 3.05) is 13.1 Å². The molecule has 1 fully saturated rings. The second-order valence-electron chi connectivity index (χ2n) is 7.37. The Kier molecular flexibility index (Phi) is 4.94. The lowest BCUT2D eigenvalue weighted by atomic mass is 9.97. The zero-order chi connectivity index (χ0) is 18.8. The van der Waals surface area contributed by atoms with Crippen LogP contribution in [0.15, 0.2) is 45.7 Å². The molecule has 1 aliphatic rings. The number of aromatic nitrogens is 4. The van der Waals surface area contributed by atoms with Gasteiger partial charge in [0.05, 0.1) is 11.4 Å². The van der Waals surface area contributed by atoms with E-state index in [4.69, 9.17) is 9.62 Å². The molecule has 4 rings (SSSR count). The first kappa shape index (κ1) is 17.7. The van der Waals surface area contributed by atoms with Gasteiger partial charge in [-0.1, -0.05) is 37.2 Å². The zero-order valence-electron chi connectivity index (χ0n) is 15.8. The van der Waals surface area contributed by atoms with E-state index in [1.54, 1.807) is 4.57 Å². The van der Waals surface area contributed by atoms with Crippen LogP contribution >= 0.6 is 0 Å². The van der Waals surface area contributed by atoms with E-state index < -0.39 is 0 Å². The van der Waals surface area contributed by atoms with Crippen LogP contribution in [0.3, 0.4) is 0 Å². The van der Waals surface area contributed by atoms with E-state index in [1.807, 2.05) is 36.4 Å². The van der Waals surface area contributed by atoms with Crippen molar-refractivity contribution < 1.29 is 4.52 Å². The van der Waals surface area contributed by atoms with Crippen LogP contribution in [0.2, 0.25) is 0 Å². The Morgan fingerprint density at radius 1 is 1.22 bits per heavy atom. The summed E-state index contributed by atoms with van der Waals surface area (Å²) in [5.74, 6) is 2.03. The molecule has 0 bridgehead atoms. The van der Waals surface area contributed by atoms with E-state index in [0.29, 0.717) is 5.76 Å². The summed E-state index contributed by atoms with van der Waals surface area (Å²) >= 11 is 0. The van der Waals surface area contributed by atoms with Crippen LogP contribution < -0.4 is 11.0 Å². The first-order valence-corrected chi connectivity index (χ1v) is 9.55. The molecule has 0 aliphatic carbocycles. The van der Waals surface area contributed by atoms with Gasteiger partial charge in [0.1, 0.15) is 12.4 Å². The van der Waals surface area contributed by atoms with Crippen molar-refractivity contribution in [1.29, 1.82) is 0 Å². The SMILES string of the molecule is CC(C)c1cc(Cn2nc(C3CCNCC3)n(-c3ccccc3)c2=O)on1. The van der Waals surface area contributed by atoms with Crippen molar-refractivity contribution >= 4 is 0 Å². The Bertz CT molecular complexity index is 948. The van der Waals surface area contributed by atoms with Gasteiger partial charge in [0, 0.05) is 12.0 Å². The Balaban J connectivity index is 1.73. The standard InChI is InChI=1S/C20H25N5O2/c1-14(2)18-12-17(27-23-18)13-24-20(26)25(16-6-4-3-5-7-16)19(22-24)15-8-10-21-11-9-15/h3-7,12,14-15,21H,8-11,13H2,1-2H3. The molecule has 142 valence electrons. The van der Waals surface area contributed by atoms with Crippen LogP contribution in [-0.2, 0) is 6.54 Å². The first-order chi connectivity index (χ1) is 13.1. The van der Waals surface area contributed by atoms with E-state index in [0.717, 1.165) is 43.1 Å². The van der Waals surface area contributed by atoms with E-state index >= 15 is 0 Å². The number of para-hydroxylation sites is 1. The molecule has 3 heterocycles. The number of hydrogen-bond donors (Lipinski definition) is 1. The van der Waals surface area contributed by atoms with Crippen LogP contribution in [0, 0.1) is 0 Å². The van der Waals surface area contributed by atoms with Crippen molar-refractivity contribution in [2.24, 2.45) is 0 Å². The molecule has 1 aromatic carbocycles. The minimum absolute atomic E-state index is 0.141. The largest absolute Gasteiger partial charge is 0.359 e. The first-order valence-electron chi connectivity index (χ1n) is 9.55. The van der Waals surface area contributed by atoms with Crippen LogP contribution in [-0.4, -0.2) is 32.6 Å². The second kappa shape index (κ2) is 7.52. The lowest BCUT2D eigenvalue weighted by molar-refractivity contribution is 0.361. The van der Waals surface area contributed by atoms with Crippen molar-refractivity contribution in [3.8, 4) is 5.69 Å².